The van der Waals surface area contributed by atoms with Gasteiger partial charge in [-0.15, -0.1) is 0 Å². The number of hydrogen-bond acceptors (Lipinski definition) is 0. The molecular formula is H6Bi2Ce2Mo2O3. The monoisotopic (exact) mass is 948 g/mol. The quantitative estimate of drug-likeness (QED) is 0.237. The fourth-order valence-corrected chi connectivity index (χ4v) is 0. The summed E-state index contributed by atoms with van der Waals surface area (Å²) >= 11 is 0. The topological polar surface area (TPSA) is 85.5 Å². The Bertz CT molecular complexity index is 17.8. The summed E-state index contributed by atoms with van der Waals surface area (Å²) in [5.74, 6) is 0. The molecule has 9 heteroatoms. The van der Waals surface area contributed by atoms with Crippen LogP contribution in [0.4, 0.5) is 0 Å². The van der Waals surface area contributed by atoms with Gasteiger partial charge in [0, 0.05) is 42.1 Å². The number of hydrogen-bond donors (Lipinski definition) is 0. The van der Waals surface area contributed by atoms with Crippen LogP contribution in [0.1, 0.15) is 0 Å². The molecule has 0 aromatic rings. The molecule has 54 valence electrons. The SMILES string of the molecule is [BiH3].[BiH3].[Ce+3].[Ce+3].[Mo].[Mo].[O-2].[O-2].[O-2]. The van der Waals surface area contributed by atoms with E-state index in [2.05, 4.69) is 0 Å². The van der Waals surface area contributed by atoms with Crippen molar-refractivity contribution in [3.05, 3.63) is 0 Å². The second-order valence-corrected chi connectivity index (χ2v) is 0. The molecule has 0 amide bonds. The minimum Gasteiger partial charge on any atom is -2.00 e. The summed E-state index contributed by atoms with van der Waals surface area (Å²) < 4.78 is 0. The van der Waals surface area contributed by atoms with Gasteiger partial charge in [-0.2, -0.15) is 0 Å². The molecular weight excluding hydrogens is 938 g/mol. The maximum absolute atomic E-state index is 0. The third kappa shape index (κ3) is 57.3. The van der Waals surface area contributed by atoms with Crippen molar-refractivity contribution < 1.29 is 142 Å². The van der Waals surface area contributed by atoms with Crippen LogP contribution in [0.25, 0.3) is 0 Å². The van der Waals surface area contributed by atoms with E-state index >= 15 is 0 Å². The summed E-state index contributed by atoms with van der Waals surface area (Å²) in [6.45, 7) is 0. The van der Waals surface area contributed by atoms with E-state index in [1.54, 1.807) is 0 Å². The van der Waals surface area contributed by atoms with E-state index in [9.17, 15) is 0 Å². The van der Waals surface area contributed by atoms with Gasteiger partial charge in [-0.25, -0.2) is 0 Å². The largest absolute Gasteiger partial charge is 3.00 e. The molecule has 0 unspecified atom stereocenters. The van der Waals surface area contributed by atoms with Gasteiger partial charge in [0.25, 0.3) is 0 Å². The second kappa shape index (κ2) is 67.4. The predicted octanol–water partition coefficient (Wildman–Crippen LogP) is -2.73. The molecule has 0 N–H and O–H groups in total. The zero-order chi connectivity index (χ0) is 0. The van der Waals surface area contributed by atoms with E-state index in [1.165, 1.54) is 0 Å². The third-order valence-corrected chi connectivity index (χ3v) is 0. The van der Waals surface area contributed by atoms with E-state index in [4.69, 9.17) is 0 Å². The molecule has 0 aliphatic rings. The first-order valence-corrected chi connectivity index (χ1v) is 0. The van der Waals surface area contributed by atoms with E-state index in [-0.39, 0.29) is 194 Å². The first kappa shape index (κ1) is 84.1. The fourth-order valence-electron chi connectivity index (χ4n) is 0. The van der Waals surface area contributed by atoms with Crippen molar-refractivity contribution in [2.75, 3.05) is 0 Å². The summed E-state index contributed by atoms with van der Waals surface area (Å²) in [7, 11) is 0. The van der Waals surface area contributed by atoms with Crippen LogP contribution >= 0.6 is 0 Å². The molecule has 0 saturated heterocycles. The van der Waals surface area contributed by atoms with Gasteiger partial charge in [-0.1, -0.05) is 0 Å². The van der Waals surface area contributed by atoms with Crippen molar-refractivity contribution in [3.8, 4) is 0 Å². The first-order valence-electron chi connectivity index (χ1n) is 0. The van der Waals surface area contributed by atoms with Gasteiger partial charge in [-0.3, -0.25) is 0 Å². The molecule has 0 bridgehead atoms. The van der Waals surface area contributed by atoms with Crippen LogP contribution in [0.2, 0.25) is 0 Å². The van der Waals surface area contributed by atoms with Crippen LogP contribution in [-0.4, -0.2) is 52.4 Å². The van der Waals surface area contributed by atoms with Crippen molar-refractivity contribution in [1.82, 2.24) is 0 Å². The molecule has 3 nitrogen and oxygen atoms in total. The average molecular weight is 944 g/mol. The van der Waals surface area contributed by atoms with Crippen molar-refractivity contribution in [3.63, 3.8) is 0 Å². The van der Waals surface area contributed by atoms with Crippen molar-refractivity contribution >= 4 is 52.4 Å². The van der Waals surface area contributed by atoms with Gasteiger partial charge >= 0.3 is 136 Å². The summed E-state index contributed by atoms with van der Waals surface area (Å²) in [6, 6.07) is 0. The van der Waals surface area contributed by atoms with Crippen LogP contribution in [0, 0.1) is 83.5 Å². The molecule has 0 aromatic heterocycles. The van der Waals surface area contributed by atoms with Crippen LogP contribution in [0.5, 0.6) is 0 Å². The molecule has 0 aromatic carbocycles. The third-order valence-electron chi connectivity index (χ3n) is 0. The van der Waals surface area contributed by atoms with Crippen LogP contribution in [0.3, 0.4) is 0 Å². The Morgan fingerprint density at radius 3 is 0.444 bits per heavy atom. The summed E-state index contributed by atoms with van der Waals surface area (Å²) in [6.07, 6.45) is 0. The Morgan fingerprint density at radius 1 is 0.444 bits per heavy atom. The van der Waals surface area contributed by atoms with Crippen LogP contribution in [-0.2, 0) is 58.6 Å². The Kier molecular flexibility index (Phi) is 629. The van der Waals surface area contributed by atoms with Crippen molar-refractivity contribution in [2.24, 2.45) is 0 Å². The van der Waals surface area contributed by atoms with Crippen molar-refractivity contribution in [2.45, 2.75) is 0 Å². The summed E-state index contributed by atoms with van der Waals surface area (Å²) in [5, 5.41) is 0. The molecule has 0 saturated carbocycles. The molecule has 0 spiro atoms. The Morgan fingerprint density at radius 2 is 0.444 bits per heavy atom. The normalized spacial score (nSPS) is 0. The molecule has 0 fully saturated rings. The Hall–Kier alpha value is 5.78. The maximum Gasteiger partial charge on any atom is 3.00 e. The maximum atomic E-state index is 0. The molecule has 0 atom stereocenters. The van der Waals surface area contributed by atoms with Gasteiger partial charge < -0.3 is 16.4 Å². The van der Waals surface area contributed by atoms with E-state index in [0.717, 1.165) is 0 Å². The Balaban J connectivity index is 0. The summed E-state index contributed by atoms with van der Waals surface area (Å²) in [5.41, 5.74) is 0. The van der Waals surface area contributed by atoms with Gasteiger partial charge in [0.1, 0.15) is 0 Å². The molecule has 0 heterocycles. The van der Waals surface area contributed by atoms with Gasteiger partial charge in [0.05, 0.1) is 0 Å². The predicted molar refractivity (Wildman–Crippen MR) is 21.9 cm³/mol. The minimum absolute atomic E-state index is 0. The molecule has 0 aliphatic heterocycles. The average Bonchev–Trinajstić information content (AvgIpc) is 0. The van der Waals surface area contributed by atoms with Crippen LogP contribution in [0.15, 0.2) is 0 Å². The van der Waals surface area contributed by atoms with E-state index in [1.807, 2.05) is 0 Å². The smallest absolute Gasteiger partial charge is 2.00 e. The fraction of sp³-hybridized carbons (Fsp3) is 0. The van der Waals surface area contributed by atoms with Crippen LogP contribution < -0.4 is 0 Å². The van der Waals surface area contributed by atoms with E-state index < -0.39 is 0 Å². The zero-order valence-corrected chi connectivity index (χ0v) is 25.7. The molecule has 0 aliphatic carbocycles. The van der Waals surface area contributed by atoms with Gasteiger partial charge in [0.2, 0.25) is 0 Å². The summed E-state index contributed by atoms with van der Waals surface area (Å²) in [4.78, 5) is 0. The van der Waals surface area contributed by atoms with E-state index in [0.29, 0.717) is 0 Å². The zero-order valence-electron chi connectivity index (χ0n) is 4.46. The van der Waals surface area contributed by atoms with Gasteiger partial charge in [0.15, 0.2) is 0 Å². The minimum atomic E-state index is 0. The first-order chi connectivity index (χ1) is 0. The number of rotatable bonds is 0. The molecule has 0 rings (SSSR count). The molecule has 9 heavy (non-hydrogen) atoms. The van der Waals surface area contributed by atoms with Gasteiger partial charge in [-0.05, 0) is 0 Å². The van der Waals surface area contributed by atoms with Crippen molar-refractivity contribution in [1.29, 1.82) is 0 Å². The molecule has 2 radical (unpaired) electrons. The standard InChI is InChI=1S/2Bi.2Ce.2Mo.3O.6H/q;;2*+3;;;3*-2;;;;;;. The second-order valence-electron chi connectivity index (χ2n) is 0. The Labute approximate surface area is 189 Å².